The van der Waals surface area contributed by atoms with Crippen molar-refractivity contribution in [1.82, 2.24) is 5.32 Å². The molecule has 2 rings (SSSR count). The molecule has 0 bridgehead atoms. The van der Waals surface area contributed by atoms with Crippen LogP contribution in [0.2, 0.25) is 0 Å². The van der Waals surface area contributed by atoms with Crippen molar-refractivity contribution in [2.45, 2.75) is 58.0 Å². The fourth-order valence-corrected chi connectivity index (χ4v) is 2.75. The predicted molar refractivity (Wildman–Crippen MR) is 87.5 cm³/mol. The number of fused-ring (bicyclic) bond motifs is 1. The third-order valence-corrected chi connectivity index (χ3v) is 4.16. The first-order chi connectivity index (χ1) is 10.3. The standard InChI is InChI=1S/C17H25N3O2/c1-4-9-17(3,18)16(22)19-11(2)12-5-7-14-13(10-12)6-8-15(21)20-14/h5,7,10-11H,4,6,8-9,18H2,1-3H3,(H,19,22)(H,20,21). The molecular formula is C17H25N3O2. The van der Waals surface area contributed by atoms with Crippen LogP contribution in [0.1, 0.15) is 57.2 Å². The van der Waals surface area contributed by atoms with Gasteiger partial charge < -0.3 is 16.4 Å². The number of nitrogens with one attached hydrogen (secondary N) is 2. The molecule has 5 nitrogen and oxygen atoms in total. The zero-order valence-electron chi connectivity index (χ0n) is 13.5. The van der Waals surface area contributed by atoms with E-state index in [2.05, 4.69) is 10.6 Å². The molecule has 0 aromatic heterocycles. The molecule has 1 aliphatic rings. The molecule has 1 heterocycles. The third kappa shape index (κ3) is 3.65. The van der Waals surface area contributed by atoms with Gasteiger partial charge >= 0.3 is 0 Å². The summed E-state index contributed by atoms with van der Waals surface area (Å²) in [5, 5.41) is 5.85. The Morgan fingerprint density at radius 1 is 1.45 bits per heavy atom. The second-order valence-electron chi connectivity index (χ2n) is 6.33. The molecule has 0 saturated heterocycles. The van der Waals surface area contributed by atoms with Crippen LogP contribution in [-0.2, 0) is 16.0 Å². The van der Waals surface area contributed by atoms with Gasteiger partial charge in [-0.3, -0.25) is 9.59 Å². The van der Waals surface area contributed by atoms with Gasteiger partial charge in [0.1, 0.15) is 0 Å². The minimum Gasteiger partial charge on any atom is -0.348 e. The molecule has 2 unspecified atom stereocenters. The number of hydrogen-bond donors (Lipinski definition) is 3. The van der Waals surface area contributed by atoms with Crippen LogP contribution in [0.25, 0.3) is 0 Å². The first-order valence-corrected chi connectivity index (χ1v) is 7.86. The Hall–Kier alpha value is -1.88. The van der Waals surface area contributed by atoms with Crippen molar-refractivity contribution >= 4 is 17.5 Å². The van der Waals surface area contributed by atoms with Gasteiger partial charge in [0.15, 0.2) is 0 Å². The summed E-state index contributed by atoms with van der Waals surface area (Å²) >= 11 is 0. The molecule has 1 aliphatic heterocycles. The zero-order valence-corrected chi connectivity index (χ0v) is 13.5. The van der Waals surface area contributed by atoms with Gasteiger partial charge in [-0.1, -0.05) is 25.5 Å². The van der Waals surface area contributed by atoms with E-state index in [0.29, 0.717) is 12.8 Å². The number of nitrogens with two attached hydrogens (primary N) is 1. The molecule has 1 aromatic rings. The van der Waals surface area contributed by atoms with Gasteiger partial charge in [-0.15, -0.1) is 0 Å². The zero-order chi connectivity index (χ0) is 16.3. The molecule has 120 valence electrons. The highest BCUT2D eigenvalue weighted by atomic mass is 16.2. The number of aryl methyl sites for hydroxylation is 1. The minimum atomic E-state index is -0.842. The molecule has 1 aromatic carbocycles. The van der Waals surface area contributed by atoms with E-state index < -0.39 is 5.54 Å². The number of rotatable bonds is 5. The molecule has 0 fully saturated rings. The van der Waals surface area contributed by atoms with Crippen molar-refractivity contribution in [1.29, 1.82) is 0 Å². The first-order valence-electron chi connectivity index (χ1n) is 7.86. The second kappa shape index (κ2) is 6.48. The third-order valence-electron chi connectivity index (χ3n) is 4.16. The van der Waals surface area contributed by atoms with Crippen molar-refractivity contribution in [3.63, 3.8) is 0 Å². The molecular weight excluding hydrogens is 278 g/mol. The van der Waals surface area contributed by atoms with Crippen molar-refractivity contribution in [3.8, 4) is 0 Å². The number of hydrogen-bond acceptors (Lipinski definition) is 3. The summed E-state index contributed by atoms with van der Waals surface area (Å²) in [7, 11) is 0. The van der Waals surface area contributed by atoms with Gasteiger partial charge in [0.2, 0.25) is 11.8 Å². The van der Waals surface area contributed by atoms with Crippen LogP contribution in [0, 0.1) is 0 Å². The smallest absolute Gasteiger partial charge is 0.240 e. The minimum absolute atomic E-state index is 0.0556. The first kappa shape index (κ1) is 16.5. The summed E-state index contributed by atoms with van der Waals surface area (Å²) in [6, 6.07) is 5.77. The highest BCUT2D eigenvalue weighted by molar-refractivity contribution is 5.94. The highest BCUT2D eigenvalue weighted by Crippen LogP contribution is 2.26. The van der Waals surface area contributed by atoms with E-state index in [1.807, 2.05) is 32.0 Å². The SMILES string of the molecule is CCCC(C)(N)C(=O)NC(C)c1ccc2c(c1)CCC(=O)N2. The van der Waals surface area contributed by atoms with E-state index >= 15 is 0 Å². The van der Waals surface area contributed by atoms with E-state index in [0.717, 1.165) is 29.7 Å². The van der Waals surface area contributed by atoms with Crippen molar-refractivity contribution < 1.29 is 9.59 Å². The Balaban J connectivity index is 2.09. The lowest BCUT2D eigenvalue weighted by atomic mass is 9.94. The molecule has 0 aliphatic carbocycles. The maximum absolute atomic E-state index is 12.3. The predicted octanol–water partition coefficient (Wildman–Crippen LogP) is 2.27. The van der Waals surface area contributed by atoms with Crippen LogP contribution in [0.15, 0.2) is 18.2 Å². The van der Waals surface area contributed by atoms with Crippen LogP contribution < -0.4 is 16.4 Å². The molecule has 2 atom stereocenters. The number of anilines is 1. The number of amides is 2. The van der Waals surface area contributed by atoms with Gasteiger partial charge in [0.05, 0.1) is 11.6 Å². The summed E-state index contributed by atoms with van der Waals surface area (Å²) < 4.78 is 0. The van der Waals surface area contributed by atoms with Gasteiger partial charge in [-0.2, -0.15) is 0 Å². The molecule has 0 radical (unpaired) electrons. The van der Waals surface area contributed by atoms with Gasteiger partial charge in [-0.25, -0.2) is 0 Å². The van der Waals surface area contributed by atoms with E-state index in [4.69, 9.17) is 5.73 Å². The fourth-order valence-electron chi connectivity index (χ4n) is 2.75. The number of benzene rings is 1. The Morgan fingerprint density at radius 2 is 2.18 bits per heavy atom. The maximum atomic E-state index is 12.3. The molecule has 0 spiro atoms. The highest BCUT2D eigenvalue weighted by Gasteiger charge is 2.28. The summed E-state index contributed by atoms with van der Waals surface area (Å²) in [5.74, 6) is -0.0760. The van der Waals surface area contributed by atoms with E-state index in [1.165, 1.54) is 0 Å². The average Bonchev–Trinajstić information content (AvgIpc) is 2.46. The van der Waals surface area contributed by atoms with E-state index in [9.17, 15) is 9.59 Å². The molecule has 2 amide bonds. The van der Waals surface area contributed by atoms with Crippen molar-refractivity contribution in [3.05, 3.63) is 29.3 Å². The van der Waals surface area contributed by atoms with Gasteiger partial charge in [0.25, 0.3) is 0 Å². The summed E-state index contributed by atoms with van der Waals surface area (Å²) in [6.45, 7) is 5.73. The van der Waals surface area contributed by atoms with Gasteiger partial charge in [0, 0.05) is 12.1 Å². The lowest BCUT2D eigenvalue weighted by molar-refractivity contribution is -0.126. The maximum Gasteiger partial charge on any atom is 0.240 e. The lowest BCUT2D eigenvalue weighted by Gasteiger charge is -2.26. The van der Waals surface area contributed by atoms with Crippen molar-refractivity contribution in [2.75, 3.05) is 5.32 Å². The Bertz CT molecular complexity index is 581. The van der Waals surface area contributed by atoms with E-state index in [1.54, 1.807) is 6.92 Å². The largest absolute Gasteiger partial charge is 0.348 e. The second-order valence-corrected chi connectivity index (χ2v) is 6.33. The van der Waals surface area contributed by atoms with Crippen LogP contribution >= 0.6 is 0 Å². The van der Waals surface area contributed by atoms with Crippen LogP contribution in [0.5, 0.6) is 0 Å². The van der Waals surface area contributed by atoms with Crippen molar-refractivity contribution in [2.24, 2.45) is 5.73 Å². The lowest BCUT2D eigenvalue weighted by Crippen LogP contribution is -2.52. The molecule has 4 N–H and O–H groups in total. The summed E-state index contributed by atoms with van der Waals surface area (Å²) in [5.41, 5.74) is 8.23. The van der Waals surface area contributed by atoms with Gasteiger partial charge in [-0.05, 0) is 43.9 Å². The Labute approximate surface area is 131 Å². The van der Waals surface area contributed by atoms with Crippen LogP contribution in [-0.4, -0.2) is 17.4 Å². The summed E-state index contributed by atoms with van der Waals surface area (Å²) in [6.07, 6.45) is 2.77. The Morgan fingerprint density at radius 3 is 2.86 bits per heavy atom. The van der Waals surface area contributed by atoms with Crippen LogP contribution in [0.3, 0.4) is 0 Å². The monoisotopic (exact) mass is 303 g/mol. The summed E-state index contributed by atoms with van der Waals surface area (Å²) in [4.78, 5) is 23.7. The molecule has 0 saturated carbocycles. The number of carbonyl (C=O) groups is 2. The van der Waals surface area contributed by atoms with E-state index in [-0.39, 0.29) is 17.9 Å². The quantitative estimate of drug-likeness (QED) is 0.780. The normalized spacial score (nSPS) is 17.9. The Kier molecular flexibility index (Phi) is 4.86. The molecule has 5 heteroatoms. The topological polar surface area (TPSA) is 84.2 Å². The van der Waals surface area contributed by atoms with Crippen LogP contribution in [0.4, 0.5) is 5.69 Å². The average molecular weight is 303 g/mol. The molecule has 22 heavy (non-hydrogen) atoms. The fraction of sp³-hybridized carbons (Fsp3) is 0.529. The number of carbonyl (C=O) groups excluding carboxylic acids is 2.